The van der Waals surface area contributed by atoms with E-state index in [4.69, 9.17) is 10.5 Å². The van der Waals surface area contributed by atoms with Crippen molar-refractivity contribution in [1.29, 1.82) is 0 Å². The van der Waals surface area contributed by atoms with Crippen LogP contribution < -0.4 is 5.73 Å². The third-order valence-electron chi connectivity index (χ3n) is 5.45. The highest BCUT2D eigenvalue weighted by Gasteiger charge is 2.44. The number of ether oxygens (including phenoxy) is 1. The minimum Gasteiger partial charge on any atom is -0.370 e. The molecule has 1 amide bonds. The molecule has 1 spiro atoms. The molecule has 3 atom stereocenters. The zero-order chi connectivity index (χ0) is 16.6. The molecule has 0 radical (unpaired) electrons. The number of primary amides is 1. The molecule has 0 bridgehead atoms. The summed E-state index contributed by atoms with van der Waals surface area (Å²) in [5, 5.41) is 0. The van der Waals surface area contributed by atoms with E-state index in [1.165, 1.54) is 15.3 Å². The summed E-state index contributed by atoms with van der Waals surface area (Å²) < 4.78 is 6.35. The van der Waals surface area contributed by atoms with Crippen molar-refractivity contribution in [2.45, 2.75) is 58.1 Å². The number of nitrogens with two attached hydrogens (primary N) is 1. The van der Waals surface area contributed by atoms with Gasteiger partial charge in [0.2, 0.25) is 5.91 Å². The second-order valence-electron chi connectivity index (χ2n) is 7.10. The smallest absolute Gasteiger partial charge is 0.221 e. The molecule has 4 nitrogen and oxygen atoms in total. The number of carbonyl (C=O) groups is 1. The van der Waals surface area contributed by atoms with E-state index in [-0.39, 0.29) is 17.4 Å². The maximum absolute atomic E-state index is 11.3. The van der Waals surface area contributed by atoms with Gasteiger partial charge in [-0.05, 0) is 37.8 Å². The lowest BCUT2D eigenvalue weighted by Gasteiger charge is -2.47. The average Bonchev–Trinajstić information content (AvgIpc) is 2.95. The molecule has 2 aliphatic rings. The molecule has 0 aromatic carbocycles. The maximum Gasteiger partial charge on any atom is 0.221 e. The van der Waals surface area contributed by atoms with Gasteiger partial charge in [0.1, 0.15) is 0 Å². The molecule has 5 heteroatoms. The fourth-order valence-corrected chi connectivity index (χ4v) is 5.17. The van der Waals surface area contributed by atoms with E-state index in [0.717, 1.165) is 45.4 Å². The molecule has 3 heterocycles. The van der Waals surface area contributed by atoms with Crippen LogP contribution in [-0.4, -0.2) is 36.5 Å². The van der Waals surface area contributed by atoms with Gasteiger partial charge in [0.25, 0.3) is 0 Å². The molecule has 0 aliphatic carbocycles. The van der Waals surface area contributed by atoms with Crippen molar-refractivity contribution >= 4 is 17.2 Å². The fourth-order valence-electron chi connectivity index (χ4n) is 3.99. The number of fused-ring (bicyclic) bond motifs is 2. The van der Waals surface area contributed by atoms with Crippen LogP contribution in [0.5, 0.6) is 0 Å². The topological polar surface area (TPSA) is 55.6 Å². The molecule has 2 N–H and O–H groups in total. The van der Waals surface area contributed by atoms with Gasteiger partial charge in [-0.2, -0.15) is 0 Å². The second kappa shape index (κ2) is 6.54. The van der Waals surface area contributed by atoms with Gasteiger partial charge >= 0.3 is 0 Å². The fraction of sp³-hybridized carbons (Fsp3) is 0.722. The van der Waals surface area contributed by atoms with Gasteiger partial charge < -0.3 is 10.5 Å². The lowest BCUT2D eigenvalue weighted by Crippen LogP contribution is -2.52. The highest BCUT2D eigenvalue weighted by molar-refractivity contribution is 7.12. The predicted octanol–water partition coefficient (Wildman–Crippen LogP) is 2.68. The zero-order valence-electron chi connectivity index (χ0n) is 14.4. The molecule has 2 aliphatic heterocycles. The third kappa shape index (κ3) is 3.19. The number of piperidine rings is 1. The Morgan fingerprint density at radius 1 is 1.61 bits per heavy atom. The average molecular weight is 337 g/mol. The van der Waals surface area contributed by atoms with Crippen LogP contribution in [0, 0.1) is 5.92 Å². The largest absolute Gasteiger partial charge is 0.370 e. The first-order valence-electron chi connectivity index (χ1n) is 8.74. The Balaban J connectivity index is 1.77. The van der Waals surface area contributed by atoms with Crippen molar-refractivity contribution in [1.82, 2.24) is 4.90 Å². The van der Waals surface area contributed by atoms with Gasteiger partial charge in [0.15, 0.2) is 0 Å². The quantitative estimate of drug-likeness (QED) is 0.920. The number of aryl methyl sites for hydroxylation is 1. The van der Waals surface area contributed by atoms with Gasteiger partial charge in [0.05, 0.1) is 12.2 Å². The summed E-state index contributed by atoms with van der Waals surface area (Å²) in [5.74, 6) is -0.304. The van der Waals surface area contributed by atoms with Crippen molar-refractivity contribution in [2.75, 3.05) is 19.7 Å². The Morgan fingerprint density at radius 3 is 3.04 bits per heavy atom. The van der Waals surface area contributed by atoms with Crippen molar-refractivity contribution in [3.8, 4) is 0 Å². The van der Waals surface area contributed by atoms with Crippen LogP contribution in [0.2, 0.25) is 0 Å². The van der Waals surface area contributed by atoms with E-state index in [1.54, 1.807) is 0 Å². The number of hydrogen-bond donors (Lipinski definition) is 1. The molecule has 1 saturated heterocycles. The Labute approximate surface area is 143 Å². The Hall–Kier alpha value is -0.910. The van der Waals surface area contributed by atoms with Crippen LogP contribution in [0.25, 0.3) is 0 Å². The standard InChI is InChI=1S/C18H28N2O2S/c1-4-14-9-15-16(23-14)5-8-22-18(15)6-7-20(13(3)10-18)11-12(2)17(19)21/h9,12-13H,4-8,10-11H2,1-3H3,(H2,19,21)/t12?,13-,18+/m0/s1. The SMILES string of the molecule is CCc1cc2c(s1)CCO[C@@]21CCN(CC(C)C(N)=O)[C@@H](C)C1. The lowest BCUT2D eigenvalue weighted by molar-refractivity contribution is -0.125. The summed E-state index contributed by atoms with van der Waals surface area (Å²) in [6.07, 6.45) is 4.17. The maximum atomic E-state index is 11.3. The number of thiophene rings is 1. The number of nitrogens with zero attached hydrogens (tertiary/aromatic N) is 1. The summed E-state index contributed by atoms with van der Waals surface area (Å²) in [6.45, 7) is 8.95. The molecule has 1 aromatic rings. The van der Waals surface area contributed by atoms with E-state index in [1.807, 2.05) is 18.3 Å². The summed E-state index contributed by atoms with van der Waals surface area (Å²) >= 11 is 1.96. The number of rotatable bonds is 4. The number of likely N-dealkylation sites (tertiary alicyclic amines) is 1. The second-order valence-corrected chi connectivity index (χ2v) is 8.32. The van der Waals surface area contributed by atoms with Gasteiger partial charge in [-0.1, -0.05) is 13.8 Å². The van der Waals surface area contributed by atoms with Crippen LogP contribution in [0.15, 0.2) is 6.07 Å². The molecule has 3 rings (SSSR count). The minimum atomic E-state index is -0.209. The van der Waals surface area contributed by atoms with Gasteiger partial charge in [0, 0.05) is 41.2 Å². The molecule has 23 heavy (non-hydrogen) atoms. The summed E-state index contributed by atoms with van der Waals surface area (Å²) in [5.41, 5.74) is 6.76. The summed E-state index contributed by atoms with van der Waals surface area (Å²) in [7, 11) is 0. The van der Waals surface area contributed by atoms with E-state index in [2.05, 4.69) is 24.8 Å². The normalized spacial score (nSPS) is 29.4. The van der Waals surface area contributed by atoms with Gasteiger partial charge in [-0.3, -0.25) is 9.69 Å². The molecule has 1 fully saturated rings. The van der Waals surface area contributed by atoms with Crippen LogP contribution >= 0.6 is 11.3 Å². The molecule has 1 unspecified atom stereocenters. The van der Waals surface area contributed by atoms with Gasteiger partial charge in [-0.15, -0.1) is 11.3 Å². The number of carbonyl (C=O) groups excluding carboxylic acids is 1. The predicted molar refractivity (Wildman–Crippen MR) is 93.7 cm³/mol. The first-order valence-corrected chi connectivity index (χ1v) is 9.56. The van der Waals surface area contributed by atoms with Crippen molar-refractivity contribution < 1.29 is 9.53 Å². The summed E-state index contributed by atoms with van der Waals surface area (Å²) in [6, 6.07) is 2.79. The molecular formula is C18H28N2O2S. The van der Waals surface area contributed by atoms with Crippen LogP contribution in [0.4, 0.5) is 0 Å². The van der Waals surface area contributed by atoms with E-state index in [0.29, 0.717) is 6.04 Å². The highest BCUT2D eigenvalue weighted by atomic mass is 32.1. The first kappa shape index (κ1) is 16.9. The highest BCUT2D eigenvalue weighted by Crippen LogP contribution is 2.46. The van der Waals surface area contributed by atoms with E-state index < -0.39 is 0 Å². The Morgan fingerprint density at radius 2 is 2.39 bits per heavy atom. The third-order valence-corrected chi connectivity index (χ3v) is 6.79. The molecule has 128 valence electrons. The van der Waals surface area contributed by atoms with Crippen molar-refractivity contribution in [3.63, 3.8) is 0 Å². The minimum absolute atomic E-state index is 0.0952. The Bertz CT molecular complexity index is 586. The van der Waals surface area contributed by atoms with E-state index in [9.17, 15) is 4.79 Å². The monoisotopic (exact) mass is 336 g/mol. The Kier molecular flexibility index (Phi) is 4.81. The zero-order valence-corrected chi connectivity index (χ0v) is 15.2. The number of hydrogen-bond acceptors (Lipinski definition) is 4. The van der Waals surface area contributed by atoms with Crippen LogP contribution in [-0.2, 0) is 28.0 Å². The molecule has 1 aromatic heterocycles. The molecular weight excluding hydrogens is 308 g/mol. The van der Waals surface area contributed by atoms with Crippen LogP contribution in [0.1, 0.15) is 48.9 Å². The molecule has 0 saturated carbocycles. The van der Waals surface area contributed by atoms with Crippen molar-refractivity contribution in [3.05, 3.63) is 21.4 Å². The number of amides is 1. The van der Waals surface area contributed by atoms with E-state index >= 15 is 0 Å². The van der Waals surface area contributed by atoms with Crippen molar-refractivity contribution in [2.24, 2.45) is 11.7 Å². The van der Waals surface area contributed by atoms with Gasteiger partial charge in [-0.25, -0.2) is 0 Å². The first-order chi connectivity index (χ1) is 10.9. The van der Waals surface area contributed by atoms with Crippen LogP contribution in [0.3, 0.4) is 0 Å². The summed E-state index contributed by atoms with van der Waals surface area (Å²) in [4.78, 5) is 16.7. The lowest BCUT2D eigenvalue weighted by atomic mass is 9.79.